The largest absolute Gasteiger partial charge is 0.351 e. The van der Waals surface area contributed by atoms with Gasteiger partial charge in [-0.1, -0.05) is 35.9 Å². The van der Waals surface area contributed by atoms with Crippen LogP contribution in [0, 0.1) is 5.82 Å². The molecule has 6 nitrogen and oxygen atoms in total. The Morgan fingerprint density at radius 3 is 2.43 bits per heavy atom. The SMILES string of the molecule is O=C1CCC(C(=O)N(c2cccc(F)c2)C(C(=O)NC2CCC(F)(F)CC2)c2ccccc2Cl)N1. The molecule has 1 saturated heterocycles. The van der Waals surface area contributed by atoms with Crippen molar-refractivity contribution in [2.24, 2.45) is 0 Å². The van der Waals surface area contributed by atoms with E-state index >= 15 is 0 Å². The van der Waals surface area contributed by atoms with Gasteiger partial charge in [0, 0.05) is 41.6 Å². The van der Waals surface area contributed by atoms with Gasteiger partial charge in [0.25, 0.3) is 5.91 Å². The van der Waals surface area contributed by atoms with Crippen LogP contribution in [0.5, 0.6) is 0 Å². The number of nitrogens with zero attached hydrogens (tertiary/aromatic N) is 1. The van der Waals surface area contributed by atoms with Crippen LogP contribution >= 0.6 is 11.6 Å². The predicted octanol–water partition coefficient (Wildman–Crippen LogP) is 4.53. The fourth-order valence-corrected chi connectivity index (χ4v) is 4.79. The van der Waals surface area contributed by atoms with Crippen molar-refractivity contribution < 1.29 is 27.6 Å². The lowest BCUT2D eigenvalue weighted by molar-refractivity contribution is -0.129. The molecule has 0 spiro atoms. The standard InChI is InChI=1S/C25H25ClF3N3O3/c26-19-7-2-1-6-18(19)22(23(34)30-16-10-12-25(28,29)13-11-16)32(17-5-3-4-15(27)14-17)24(35)20-8-9-21(33)31-20/h1-7,14,16,20,22H,8-13H2,(H,30,34)(H,31,33). The number of anilines is 1. The van der Waals surface area contributed by atoms with Crippen LogP contribution in [-0.2, 0) is 14.4 Å². The highest BCUT2D eigenvalue weighted by molar-refractivity contribution is 6.31. The summed E-state index contributed by atoms with van der Waals surface area (Å²) in [4.78, 5) is 40.3. The van der Waals surface area contributed by atoms with Crippen molar-refractivity contribution >= 4 is 35.0 Å². The Labute approximate surface area is 205 Å². The smallest absolute Gasteiger partial charge is 0.250 e. The van der Waals surface area contributed by atoms with E-state index in [1.54, 1.807) is 24.3 Å². The second-order valence-corrected chi connectivity index (χ2v) is 9.32. The molecule has 1 aliphatic heterocycles. The van der Waals surface area contributed by atoms with Crippen LogP contribution in [0.1, 0.15) is 50.1 Å². The van der Waals surface area contributed by atoms with Gasteiger partial charge < -0.3 is 10.6 Å². The zero-order chi connectivity index (χ0) is 25.2. The van der Waals surface area contributed by atoms with Gasteiger partial charge in [-0.25, -0.2) is 13.2 Å². The van der Waals surface area contributed by atoms with Crippen LogP contribution in [0.2, 0.25) is 5.02 Å². The van der Waals surface area contributed by atoms with Crippen molar-refractivity contribution in [2.45, 2.75) is 62.6 Å². The lowest BCUT2D eigenvalue weighted by Crippen LogP contribution is -2.52. The van der Waals surface area contributed by atoms with Crippen molar-refractivity contribution in [1.29, 1.82) is 0 Å². The Kier molecular flexibility index (Phi) is 7.35. The summed E-state index contributed by atoms with van der Waals surface area (Å²) in [5.41, 5.74) is 0.390. The number of nitrogens with one attached hydrogen (secondary N) is 2. The molecule has 1 saturated carbocycles. The minimum absolute atomic E-state index is 0.0839. The Morgan fingerprint density at radius 2 is 1.80 bits per heavy atom. The van der Waals surface area contributed by atoms with Gasteiger partial charge in [0.15, 0.2) is 0 Å². The van der Waals surface area contributed by atoms with Gasteiger partial charge in [-0.3, -0.25) is 19.3 Å². The summed E-state index contributed by atoms with van der Waals surface area (Å²) < 4.78 is 41.5. The normalized spacial score (nSPS) is 20.7. The highest BCUT2D eigenvalue weighted by atomic mass is 35.5. The number of benzene rings is 2. The van der Waals surface area contributed by atoms with Crippen molar-refractivity contribution in [2.75, 3.05) is 4.90 Å². The Balaban J connectivity index is 1.74. The van der Waals surface area contributed by atoms with Crippen LogP contribution in [0.25, 0.3) is 0 Å². The molecule has 0 radical (unpaired) electrons. The zero-order valence-electron chi connectivity index (χ0n) is 18.8. The summed E-state index contributed by atoms with van der Waals surface area (Å²) in [5, 5.41) is 5.59. The number of alkyl halides is 2. The number of halogens is 4. The van der Waals surface area contributed by atoms with Gasteiger partial charge in [0.05, 0.1) is 0 Å². The van der Waals surface area contributed by atoms with Gasteiger partial charge in [-0.05, 0) is 43.5 Å². The number of rotatable bonds is 6. The number of carbonyl (C=O) groups excluding carboxylic acids is 3. The molecule has 2 fully saturated rings. The van der Waals surface area contributed by atoms with E-state index in [4.69, 9.17) is 11.6 Å². The molecule has 186 valence electrons. The third-order valence-corrected chi connectivity index (χ3v) is 6.73. The number of amides is 3. The lowest BCUT2D eigenvalue weighted by Gasteiger charge is -2.35. The maximum atomic E-state index is 14.2. The average Bonchev–Trinajstić information content (AvgIpc) is 3.25. The zero-order valence-corrected chi connectivity index (χ0v) is 19.5. The molecular weight excluding hydrogens is 483 g/mol. The summed E-state index contributed by atoms with van der Waals surface area (Å²) >= 11 is 6.43. The molecule has 3 amide bonds. The molecule has 2 unspecified atom stereocenters. The topological polar surface area (TPSA) is 78.5 Å². The molecule has 2 aromatic carbocycles. The van der Waals surface area contributed by atoms with E-state index in [-0.39, 0.29) is 60.7 Å². The van der Waals surface area contributed by atoms with Crippen molar-refractivity contribution in [3.05, 3.63) is 64.9 Å². The summed E-state index contributed by atoms with van der Waals surface area (Å²) in [5.74, 6) is -4.92. The van der Waals surface area contributed by atoms with Gasteiger partial charge in [-0.15, -0.1) is 0 Å². The van der Waals surface area contributed by atoms with Crippen LogP contribution in [0.15, 0.2) is 48.5 Å². The van der Waals surface area contributed by atoms with Crippen molar-refractivity contribution in [3.8, 4) is 0 Å². The molecule has 0 aromatic heterocycles. The molecular formula is C25H25ClF3N3O3. The molecule has 0 bridgehead atoms. The first-order chi connectivity index (χ1) is 16.6. The molecule has 1 aliphatic carbocycles. The molecule has 2 aromatic rings. The summed E-state index contributed by atoms with van der Waals surface area (Å²) in [7, 11) is 0. The number of hydrogen-bond donors (Lipinski definition) is 2. The van der Waals surface area contributed by atoms with Crippen LogP contribution in [-0.4, -0.2) is 35.7 Å². The maximum absolute atomic E-state index is 14.2. The number of carbonyl (C=O) groups is 3. The molecule has 1 heterocycles. The van der Waals surface area contributed by atoms with Crippen molar-refractivity contribution in [1.82, 2.24) is 10.6 Å². The quantitative estimate of drug-likeness (QED) is 0.603. The molecule has 35 heavy (non-hydrogen) atoms. The Hall–Kier alpha value is -3.07. The highest BCUT2D eigenvalue weighted by Gasteiger charge is 2.41. The third kappa shape index (κ3) is 5.78. The van der Waals surface area contributed by atoms with E-state index in [9.17, 15) is 27.6 Å². The fourth-order valence-electron chi connectivity index (χ4n) is 4.56. The first-order valence-electron chi connectivity index (χ1n) is 11.5. The van der Waals surface area contributed by atoms with Crippen LogP contribution in [0.3, 0.4) is 0 Å². The lowest BCUT2D eigenvalue weighted by atomic mass is 9.91. The molecule has 10 heteroatoms. The van der Waals surface area contributed by atoms with Crippen LogP contribution < -0.4 is 15.5 Å². The highest BCUT2D eigenvalue weighted by Crippen LogP contribution is 2.36. The van der Waals surface area contributed by atoms with E-state index in [0.29, 0.717) is 0 Å². The molecule has 4 rings (SSSR count). The third-order valence-electron chi connectivity index (χ3n) is 6.39. The molecule has 2 atom stereocenters. The maximum Gasteiger partial charge on any atom is 0.250 e. The minimum Gasteiger partial charge on any atom is -0.351 e. The summed E-state index contributed by atoms with van der Waals surface area (Å²) in [6, 6.07) is 8.92. The van der Waals surface area contributed by atoms with E-state index in [0.717, 1.165) is 11.0 Å². The van der Waals surface area contributed by atoms with Crippen LogP contribution in [0.4, 0.5) is 18.9 Å². The summed E-state index contributed by atoms with van der Waals surface area (Å²) in [6.07, 6.45) is -0.170. The van der Waals surface area contributed by atoms with E-state index in [2.05, 4.69) is 10.6 Å². The fraction of sp³-hybridized carbons (Fsp3) is 0.400. The van der Waals surface area contributed by atoms with E-state index in [1.165, 1.54) is 18.2 Å². The average molecular weight is 508 g/mol. The van der Waals surface area contributed by atoms with Gasteiger partial charge in [-0.2, -0.15) is 0 Å². The van der Waals surface area contributed by atoms with E-state index < -0.39 is 41.7 Å². The molecule has 2 aliphatic rings. The van der Waals surface area contributed by atoms with Crippen molar-refractivity contribution in [3.63, 3.8) is 0 Å². The minimum atomic E-state index is -2.77. The second kappa shape index (κ2) is 10.3. The first-order valence-corrected chi connectivity index (χ1v) is 11.8. The van der Waals surface area contributed by atoms with Gasteiger partial charge in [0.1, 0.15) is 17.9 Å². The molecule has 2 N–H and O–H groups in total. The predicted molar refractivity (Wildman–Crippen MR) is 125 cm³/mol. The first kappa shape index (κ1) is 25.0. The second-order valence-electron chi connectivity index (χ2n) is 8.91. The van der Waals surface area contributed by atoms with Gasteiger partial charge in [0.2, 0.25) is 17.7 Å². The van der Waals surface area contributed by atoms with Gasteiger partial charge >= 0.3 is 0 Å². The number of hydrogen-bond acceptors (Lipinski definition) is 3. The van der Waals surface area contributed by atoms with E-state index in [1.807, 2.05) is 0 Å². The summed E-state index contributed by atoms with van der Waals surface area (Å²) in [6.45, 7) is 0. The monoisotopic (exact) mass is 507 g/mol. The Morgan fingerprint density at radius 1 is 1.09 bits per heavy atom. The Bertz CT molecular complexity index is 1120.